The fourth-order valence-electron chi connectivity index (χ4n) is 3.92. The summed E-state index contributed by atoms with van der Waals surface area (Å²) in [6.07, 6.45) is 0. The van der Waals surface area contributed by atoms with E-state index in [1.807, 2.05) is 18.2 Å². The summed E-state index contributed by atoms with van der Waals surface area (Å²) >= 11 is 1.12. The number of carbonyl (C=O) groups excluding carboxylic acids is 1. The van der Waals surface area contributed by atoms with E-state index in [2.05, 4.69) is 5.32 Å². The second-order valence-corrected chi connectivity index (χ2v) is 9.04. The Labute approximate surface area is 215 Å². The van der Waals surface area contributed by atoms with Crippen LogP contribution in [0.2, 0.25) is 0 Å². The van der Waals surface area contributed by atoms with Crippen molar-refractivity contribution in [2.75, 3.05) is 25.3 Å². The Balaban J connectivity index is 1.46. The first kappa shape index (κ1) is 24.4. The van der Waals surface area contributed by atoms with Crippen LogP contribution in [0.3, 0.4) is 0 Å². The Kier molecular flexibility index (Phi) is 6.82. The smallest absolute Gasteiger partial charge is 0.298 e. The van der Waals surface area contributed by atoms with Gasteiger partial charge in [0.2, 0.25) is 11.5 Å². The molecular formula is C27H22FN3O5S. The average molecular weight is 520 g/mol. The summed E-state index contributed by atoms with van der Waals surface area (Å²) in [5.74, 6) is 0.357. The van der Waals surface area contributed by atoms with Crippen LogP contribution >= 0.6 is 11.8 Å². The molecule has 1 N–H and O–H groups in total. The Hall–Kier alpha value is -4.31. The number of anilines is 1. The molecule has 2 heterocycles. The van der Waals surface area contributed by atoms with Crippen molar-refractivity contribution in [1.29, 1.82) is 0 Å². The summed E-state index contributed by atoms with van der Waals surface area (Å²) in [6.45, 7) is 0.138. The molecule has 1 amide bonds. The number of hydrogen-bond donors (Lipinski definition) is 1. The molecule has 0 fully saturated rings. The van der Waals surface area contributed by atoms with E-state index in [4.69, 9.17) is 18.9 Å². The van der Waals surface area contributed by atoms with E-state index < -0.39 is 0 Å². The molecule has 0 aliphatic rings. The van der Waals surface area contributed by atoms with Crippen LogP contribution in [-0.2, 0) is 11.3 Å². The van der Waals surface area contributed by atoms with E-state index >= 15 is 0 Å². The highest BCUT2D eigenvalue weighted by atomic mass is 32.2. The molecule has 5 rings (SSSR count). The number of thioether (sulfide) groups is 1. The van der Waals surface area contributed by atoms with Crippen LogP contribution in [0, 0.1) is 5.82 Å². The van der Waals surface area contributed by atoms with Crippen molar-refractivity contribution in [3.05, 3.63) is 88.5 Å². The Morgan fingerprint density at radius 3 is 2.57 bits per heavy atom. The maximum atomic E-state index is 13.5. The Bertz CT molecular complexity index is 1660. The predicted molar refractivity (Wildman–Crippen MR) is 140 cm³/mol. The normalized spacial score (nSPS) is 11.1. The molecule has 0 spiro atoms. The van der Waals surface area contributed by atoms with Gasteiger partial charge in [-0.15, -0.1) is 0 Å². The lowest BCUT2D eigenvalue weighted by Crippen LogP contribution is -2.24. The van der Waals surface area contributed by atoms with Crippen molar-refractivity contribution < 1.29 is 23.1 Å². The highest BCUT2D eigenvalue weighted by molar-refractivity contribution is 7.99. The molecule has 2 aromatic heterocycles. The van der Waals surface area contributed by atoms with Crippen molar-refractivity contribution >= 4 is 45.4 Å². The Morgan fingerprint density at radius 2 is 1.81 bits per heavy atom. The number of rotatable bonds is 8. The van der Waals surface area contributed by atoms with Crippen LogP contribution in [0.4, 0.5) is 10.1 Å². The van der Waals surface area contributed by atoms with Gasteiger partial charge in [0.15, 0.2) is 16.7 Å². The molecule has 3 aromatic carbocycles. The quantitative estimate of drug-likeness (QED) is 0.226. The molecule has 37 heavy (non-hydrogen) atoms. The lowest BCUT2D eigenvalue weighted by molar-refractivity contribution is -0.113. The molecule has 0 atom stereocenters. The number of benzene rings is 3. The molecule has 0 saturated carbocycles. The van der Waals surface area contributed by atoms with Gasteiger partial charge in [-0.2, -0.15) is 0 Å². The summed E-state index contributed by atoms with van der Waals surface area (Å²) in [5.41, 5.74) is 1.96. The number of fused-ring (bicyclic) bond motifs is 3. The first-order valence-electron chi connectivity index (χ1n) is 11.3. The van der Waals surface area contributed by atoms with E-state index in [1.54, 1.807) is 36.4 Å². The number of furan rings is 1. The monoisotopic (exact) mass is 519 g/mol. The number of nitrogens with zero attached hydrogens (tertiary/aromatic N) is 2. The lowest BCUT2D eigenvalue weighted by atomic mass is 10.2. The largest absolute Gasteiger partial charge is 0.493 e. The highest BCUT2D eigenvalue weighted by Gasteiger charge is 2.19. The predicted octanol–water partition coefficient (Wildman–Crippen LogP) is 5.08. The van der Waals surface area contributed by atoms with Crippen molar-refractivity contribution in [2.45, 2.75) is 11.7 Å². The van der Waals surface area contributed by atoms with Crippen LogP contribution in [0.15, 0.2) is 81.1 Å². The first-order valence-corrected chi connectivity index (χ1v) is 12.3. The van der Waals surface area contributed by atoms with Crippen molar-refractivity contribution in [3.8, 4) is 11.5 Å². The van der Waals surface area contributed by atoms with Gasteiger partial charge in [-0.1, -0.05) is 36.0 Å². The summed E-state index contributed by atoms with van der Waals surface area (Å²) in [5, 5.41) is 3.87. The van der Waals surface area contributed by atoms with Gasteiger partial charge < -0.3 is 19.2 Å². The van der Waals surface area contributed by atoms with Gasteiger partial charge in [0.25, 0.3) is 5.56 Å². The maximum Gasteiger partial charge on any atom is 0.298 e. The number of ether oxygens (including phenoxy) is 2. The average Bonchev–Trinajstić information content (AvgIpc) is 3.29. The minimum absolute atomic E-state index is 0.00844. The summed E-state index contributed by atoms with van der Waals surface area (Å²) in [4.78, 5) is 31.0. The zero-order valence-corrected chi connectivity index (χ0v) is 20.8. The number of amides is 1. The number of halogens is 1. The van der Waals surface area contributed by atoms with E-state index in [-0.39, 0.29) is 35.2 Å². The van der Waals surface area contributed by atoms with Crippen LogP contribution in [0.5, 0.6) is 11.5 Å². The lowest BCUT2D eigenvalue weighted by Gasteiger charge is -2.13. The third-order valence-electron chi connectivity index (χ3n) is 5.70. The van der Waals surface area contributed by atoms with Crippen LogP contribution in [0.1, 0.15) is 5.56 Å². The van der Waals surface area contributed by atoms with Gasteiger partial charge >= 0.3 is 0 Å². The summed E-state index contributed by atoms with van der Waals surface area (Å²) in [6, 6.07) is 18.2. The van der Waals surface area contributed by atoms with Gasteiger partial charge in [-0.25, -0.2) is 9.37 Å². The molecule has 0 unspecified atom stereocenters. The minimum Gasteiger partial charge on any atom is -0.493 e. The molecular weight excluding hydrogens is 497 g/mol. The van der Waals surface area contributed by atoms with Crippen molar-refractivity contribution in [3.63, 3.8) is 0 Å². The Morgan fingerprint density at radius 1 is 1.05 bits per heavy atom. The fourth-order valence-corrected chi connectivity index (χ4v) is 4.71. The van der Waals surface area contributed by atoms with Gasteiger partial charge in [-0.3, -0.25) is 14.2 Å². The number of hydrogen-bond acceptors (Lipinski definition) is 7. The second-order valence-electron chi connectivity index (χ2n) is 8.09. The van der Waals surface area contributed by atoms with Gasteiger partial charge in [-0.05, 0) is 42.0 Å². The molecule has 0 aliphatic carbocycles. The topological polar surface area (TPSA) is 95.6 Å². The number of nitrogens with one attached hydrogen (secondary N) is 1. The zero-order valence-electron chi connectivity index (χ0n) is 20.0. The van der Waals surface area contributed by atoms with Crippen LogP contribution in [-0.4, -0.2) is 35.4 Å². The van der Waals surface area contributed by atoms with Crippen molar-refractivity contribution in [1.82, 2.24) is 9.55 Å². The van der Waals surface area contributed by atoms with E-state index in [9.17, 15) is 14.0 Å². The van der Waals surface area contributed by atoms with Gasteiger partial charge in [0.1, 0.15) is 16.9 Å². The second kappa shape index (κ2) is 10.4. The summed E-state index contributed by atoms with van der Waals surface area (Å²) < 4.78 is 31.2. The van der Waals surface area contributed by atoms with E-state index in [1.165, 1.54) is 30.9 Å². The molecule has 0 bridgehead atoms. The third kappa shape index (κ3) is 5.01. The standard InChI is InChI=1S/C27H22FN3O5S/c1-34-21-12-11-18(13-22(21)35-2)29-23(32)15-37-27-30-24-19-5-3-4-6-20(19)36-25(24)26(33)31(27)14-16-7-9-17(28)10-8-16/h3-13H,14-15H2,1-2H3,(H,29,32). The molecule has 0 aliphatic heterocycles. The molecule has 0 radical (unpaired) electrons. The zero-order chi connectivity index (χ0) is 25.9. The van der Waals surface area contributed by atoms with E-state index in [0.29, 0.717) is 44.4 Å². The van der Waals surface area contributed by atoms with Crippen LogP contribution < -0.4 is 20.3 Å². The third-order valence-corrected chi connectivity index (χ3v) is 6.68. The first-order chi connectivity index (χ1) is 18.0. The number of methoxy groups -OCH3 is 2. The molecule has 5 aromatic rings. The fraction of sp³-hybridized carbons (Fsp3) is 0.148. The molecule has 0 saturated heterocycles. The highest BCUT2D eigenvalue weighted by Crippen LogP contribution is 2.30. The van der Waals surface area contributed by atoms with Gasteiger partial charge in [0, 0.05) is 17.1 Å². The van der Waals surface area contributed by atoms with Gasteiger partial charge in [0.05, 0.1) is 26.5 Å². The van der Waals surface area contributed by atoms with E-state index in [0.717, 1.165) is 11.8 Å². The summed E-state index contributed by atoms with van der Waals surface area (Å²) in [7, 11) is 3.05. The SMILES string of the molecule is COc1ccc(NC(=O)CSc2nc3c(oc4ccccc43)c(=O)n2Cc2ccc(F)cc2)cc1OC. The molecule has 8 nitrogen and oxygen atoms in total. The maximum absolute atomic E-state index is 13.5. The molecule has 10 heteroatoms. The number of carbonyl (C=O) groups is 1. The number of aromatic nitrogens is 2. The van der Waals surface area contributed by atoms with Crippen LogP contribution in [0.25, 0.3) is 22.1 Å². The minimum atomic E-state index is -0.381. The molecule has 188 valence electrons. The number of para-hydroxylation sites is 1. The van der Waals surface area contributed by atoms with Crippen molar-refractivity contribution in [2.24, 2.45) is 0 Å².